The molecule has 0 unspecified atom stereocenters. The van der Waals surface area contributed by atoms with Crippen LogP contribution in [-0.4, -0.2) is 59.8 Å². The lowest BCUT2D eigenvalue weighted by molar-refractivity contribution is -0.114. The molecular weight excluding hydrogens is 364 g/mol. The van der Waals surface area contributed by atoms with Crippen molar-refractivity contribution in [1.29, 1.82) is 0 Å². The van der Waals surface area contributed by atoms with E-state index in [2.05, 4.69) is 43.5 Å². The minimum atomic E-state index is -0.126. The Labute approximate surface area is 162 Å². The van der Waals surface area contributed by atoms with Crippen LogP contribution in [0.25, 0.3) is 0 Å². The Kier molecular flexibility index (Phi) is 5.24. The number of aromatic nitrogens is 2. The van der Waals surface area contributed by atoms with Gasteiger partial charge < -0.3 is 20.7 Å². The van der Waals surface area contributed by atoms with E-state index in [1.165, 1.54) is 29.4 Å². The Hall–Kier alpha value is -2.23. The van der Waals surface area contributed by atoms with Crippen LogP contribution < -0.4 is 20.7 Å². The number of piperazine rings is 1. The van der Waals surface area contributed by atoms with Crippen molar-refractivity contribution in [2.75, 3.05) is 42.9 Å². The minimum absolute atomic E-state index is 0.119. The smallest absolute Gasteiger partial charge is 0.223 e. The molecule has 0 saturated carbocycles. The van der Waals surface area contributed by atoms with Crippen LogP contribution in [0.2, 0.25) is 0 Å². The SMILES string of the molecule is CC(=O)Nc1nnc(N2CCN(Cc3ccc4c(c3)O[C@H](CN)C4)CC2)s1. The Morgan fingerprint density at radius 2 is 2.15 bits per heavy atom. The number of nitrogens with two attached hydrogens (primary N) is 1. The molecule has 1 atom stereocenters. The van der Waals surface area contributed by atoms with E-state index in [4.69, 9.17) is 10.5 Å². The third kappa shape index (κ3) is 4.20. The first-order valence-corrected chi connectivity index (χ1v) is 9.99. The van der Waals surface area contributed by atoms with Gasteiger partial charge in [-0.05, 0) is 17.2 Å². The molecule has 2 aromatic rings. The Morgan fingerprint density at radius 1 is 1.33 bits per heavy atom. The number of nitrogens with zero attached hydrogens (tertiary/aromatic N) is 4. The second-order valence-electron chi connectivity index (χ2n) is 6.96. The molecule has 0 bridgehead atoms. The highest BCUT2D eigenvalue weighted by Gasteiger charge is 2.23. The quantitative estimate of drug-likeness (QED) is 0.791. The Morgan fingerprint density at radius 3 is 2.89 bits per heavy atom. The highest BCUT2D eigenvalue weighted by atomic mass is 32.1. The van der Waals surface area contributed by atoms with E-state index < -0.39 is 0 Å². The first-order chi connectivity index (χ1) is 13.1. The molecule has 3 N–H and O–H groups in total. The highest BCUT2D eigenvalue weighted by molar-refractivity contribution is 7.19. The zero-order chi connectivity index (χ0) is 18.8. The van der Waals surface area contributed by atoms with E-state index in [1.54, 1.807) is 0 Å². The van der Waals surface area contributed by atoms with Crippen molar-refractivity contribution in [3.8, 4) is 5.75 Å². The number of carbonyl (C=O) groups excluding carboxylic acids is 1. The molecule has 3 heterocycles. The van der Waals surface area contributed by atoms with Crippen LogP contribution in [0, 0.1) is 0 Å². The van der Waals surface area contributed by atoms with E-state index >= 15 is 0 Å². The largest absolute Gasteiger partial charge is 0.488 e. The molecule has 1 fully saturated rings. The normalized spacial score (nSPS) is 19.6. The summed E-state index contributed by atoms with van der Waals surface area (Å²) < 4.78 is 5.90. The van der Waals surface area contributed by atoms with E-state index in [-0.39, 0.29) is 12.0 Å². The van der Waals surface area contributed by atoms with Crippen molar-refractivity contribution in [3.63, 3.8) is 0 Å². The van der Waals surface area contributed by atoms with Gasteiger partial charge in [0.15, 0.2) is 0 Å². The van der Waals surface area contributed by atoms with Gasteiger partial charge in [-0.2, -0.15) is 0 Å². The third-order valence-corrected chi connectivity index (χ3v) is 5.78. The molecule has 0 spiro atoms. The van der Waals surface area contributed by atoms with Gasteiger partial charge in [0, 0.05) is 52.6 Å². The van der Waals surface area contributed by atoms with Crippen molar-refractivity contribution >= 4 is 27.5 Å². The van der Waals surface area contributed by atoms with Gasteiger partial charge in [-0.15, -0.1) is 10.2 Å². The predicted octanol–water partition coefficient (Wildman–Crippen LogP) is 1.08. The molecule has 4 rings (SSSR count). The highest BCUT2D eigenvalue weighted by Crippen LogP contribution is 2.30. The molecule has 0 radical (unpaired) electrons. The van der Waals surface area contributed by atoms with Crippen molar-refractivity contribution in [3.05, 3.63) is 29.3 Å². The van der Waals surface area contributed by atoms with E-state index in [1.807, 2.05) is 0 Å². The molecule has 2 aliphatic heterocycles. The molecule has 1 saturated heterocycles. The van der Waals surface area contributed by atoms with E-state index in [0.717, 1.165) is 50.0 Å². The van der Waals surface area contributed by atoms with E-state index in [0.29, 0.717) is 11.7 Å². The molecule has 8 nitrogen and oxygen atoms in total. The molecule has 1 aromatic carbocycles. The van der Waals surface area contributed by atoms with Gasteiger partial charge in [0.2, 0.25) is 16.2 Å². The standard InChI is InChI=1S/C18H24N6O2S/c1-12(25)20-17-21-22-18(27-17)24-6-4-23(5-7-24)11-13-2-3-14-9-15(10-19)26-16(14)8-13/h2-3,8,15H,4-7,9-11,19H2,1H3,(H,20,21,25)/t15-/m0/s1. The van der Waals surface area contributed by atoms with Crippen LogP contribution in [0.4, 0.5) is 10.3 Å². The van der Waals surface area contributed by atoms with Gasteiger partial charge in [0.05, 0.1) is 0 Å². The zero-order valence-corrected chi connectivity index (χ0v) is 16.2. The summed E-state index contributed by atoms with van der Waals surface area (Å²) in [7, 11) is 0. The molecule has 2 aliphatic rings. The molecule has 1 aromatic heterocycles. The monoisotopic (exact) mass is 388 g/mol. The fourth-order valence-corrected chi connectivity index (χ4v) is 4.32. The van der Waals surface area contributed by atoms with Gasteiger partial charge in [0.25, 0.3) is 0 Å². The van der Waals surface area contributed by atoms with Crippen LogP contribution in [0.1, 0.15) is 18.1 Å². The van der Waals surface area contributed by atoms with Crippen molar-refractivity contribution in [2.45, 2.75) is 26.0 Å². The van der Waals surface area contributed by atoms with Crippen LogP contribution in [0.15, 0.2) is 18.2 Å². The summed E-state index contributed by atoms with van der Waals surface area (Å²) in [6.07, 6.45) is 1.03. The van der Waals surface area contributed by atoms with E-state index in [9.17, 15) is 4.79 Å². The average molecular weight is 388 g/mol. The lowest BCUT2D eigenvalue weighted by Gasteiger charge is -2.34. The maximum Gasteiger partial charge on any atom is 0.223 e. The summed E-state index contributed by atoms with van der Waals surface area (Å²) in [5.41, 5.74) is 8.24. The lowest BCUT2D eigenvalue weighted by atomic mass is 10.1. The summed E-state index contributed by atoms with van der Waals surface area (Å²) in [4.78, 5) is 15.8. The number of benzene rings is 1. The summed E-state index contributed by atoms with van der Waals surface area (Å²) in [5, 5.41) is 12.3. The molecule has 144 valence electrons. The maximum atomic E-state index is 11.1. The molecule has 9 heteroatoms. The number of carbonyl (C=O) groups is 1. The molecule has 27 heavy (non-hydrogen) atoms. The van der Waals surface area contributed by atoms with Gasteiger partial charge in [-0.1, -0.05) is 23.5 Å². The predicted molar refractivity (Wildman–Crippen MR) is 105 cm³/mol. The Bertz CT molecular complexity index is 818. The minimum Gasteiger partial charge on any atom is -0.488 e. The van der Waals surface area contributed by atoms with Crippen LogP contribution in [-0.2, 0) is 17.8 Å². The Balaban J connectivity index is 1.31. The third-order valence-electron chi connectivity index (χ3n) is 4.88. The number of anilines is 2. The number of hydrogen-bond acceptors (Lipinski definition) is 8. The van der Waals surface area contributed by atoms with Crippen molar-refractivity contribution in [1.82, 2.24) is 15.1 Å². The summed E-state index contributed by atoms with van der Waals surface area (Å²) in [6.45, 7) is 6.64. The molecule has 0 aliphatic carbocycles. The molecular formula is C18H24N6O2S. The van der Waals surface area contributed by atoms with Gasteiger partial charge in [-0.3, -0.25) is 9.69 Å². The zero-order valence-electron chi connectivity index (χ0n) is 15.4. The number of rotatable bonds is 5. The van der Waals surface area contributed by atoms with Crippen LogP contribution in [0.3, 0.4) is 0 Å². The first-order valence-electron chi connectivity index (χ1n) is 9.17. The number of nitrogens with one attached hydrogen (secondary N) is 1. The first kappa shape index (κ1) is 18.1. The van der Waals surface area contributed by atoms with Crippen LogP contribution in [0.5, 0.6) is 5.75 Å². The summed E-state index contributed by atoms with van der Waals surface area (Å²) >= 11 is 1.42. The number of ether oxygens (including phenoxy) is 1. The summed E-state index contributed by atoms with van der Waals surface area (Å²) in [5.74, 6) is 0.861. The lowest BCUT2D eigenvalue weighted by Crippen LogP contribution is -2.45. The second kappa shape index (κ2) is 7.79. The van der Waals surface area contributed by atoms with Crippen molar-refractivity contribution in [2.24, 2.45) is 5.73 Å². The van der Waals surface area contributed by atoms with Crippen molar-refractivity contribution < 1.29 is 9.53 Å². The second-order valence-corrected chi connectivity index (χ2v) is 7.91. The molecule has 1 amide bonds. The van der Waals surface area contributed by atoms with Gasteiger partial charge >= 0.3 is 0 Å². The fourth-order valence-electron chi connectivity index (χ4n) is 3.47. The number of hydrogen-bond donors (Lipinski definition) is 2. The van der Waals surface area contributed by atoms with Crippen LogP contribution >= 0.6 is 11.3 Å². The number of amides is 1. The van der Waals surface area contributed by atoms with Gasteiger partial charge in [0.1, 0.15) is 11.9 Å². The average Bonchev–Trinajstić information content (AvgIpc) is 3.28. The topological polar surface area (TPSA) is 96.6 Å². The summed E-state index contributed by atoms with van der Waals surface area (Å²) in [6, 6.07) is 6.51. The number of fused-ring (bicyclic) bond motifs is 1. The maximum absolute atomic E-state index is 11.1. The fraction of sp³-hybridized carbons (Fsp3) is 0.500. The van der Waals surface area contributed by atoms with Gasteiger partial charge in [-0.25, -0.2) is 0 Å².